The molecule has 2 atom stereocenters. The summed E-state index contributed by atoms with van der Waals surface area (Å²) in [7, 11) is 0. The van der Waals surface area contributed by atoms with E-state index in [2.05, 4.69) is 0 Å². The number of likely N-dealkylation sites (tertiary alicyclic amines) is 2. The zero-order chi connectivity index (χ0) is 15.9. The first-order valence-corrected chi connectivity index (χ1v) is 8.39. The minimum absolute atomic E-state index is 0.0287. The molecule has 0 bridgehead atoms. The predicted molar refractivity (Wildman–Crippen MR) is 81.6 cm³/mol. The van der Waals surface area contributed by atoms with E-state index in [1.165, 1.54) is 4.90 Å². The fourth-order valence-corrected chi connectivity index (χ4v) is 3.88. The molecule has 3 aliphatic rings. The highest BCUT2D eigenvalue weighted by Gasteiger charge is 2.52. The first kappa shape index (κ1) is 15.3. The van der Waals surface area contributed by atoms with Crippen molar-refractivity contribution in [2.75, 3.05) is 13.1 Å². The highest BCUT2D eigenvalue weighted by atomic mass is 16.2. The lowest BCUT2D eigenvalue weighted by atomic mass is 9.85. The van der Waals surface area contributed by atoms with Gasteiger partial charge >= 0.3 is 0 Å². The Bertz CT molecular complexity index is 492. The largest absolute Gasteiger partial charge is 0.338 e. The SMILES string of the molecule is CCC(CC)C(=O)N1CC(N2C(=O)C3CC=CCC3C2=O)C1. The van der Waals surface area contributed by atoms with Crippen molar-refractivity contribution in [2.24, 2.45) is 17.8 Å². The van der Waals surface area contributed by atoms with Gasteiger partial charge in [0.2, 0.25) is 17.7 Å². The molecule has 2 fully saturated rings. The Kier molecular flexibility index (Phi) is 4.06. The predicted octanol–water partition coefficient (Wildman–Crippen LogP) is 1.58. The topological polar surface area (TPSA) is 57.7 Å². The monoisotopic (exact) mass is 304 g/mol. The summed E-state index contributed by atoms with van der Waals surface area (Å²) in [6.45, 7) is 5.07. The zero-order valence-corrected chi connectivity index (χ0v) is 13.3. The van der Waals surface area contributed by atoms with Gasteiger partial charge in [-0.25, -0.2) is 0 Å². The van der Waals surface area contributed by atoms with Crippen LogP contribution < -0.4 is 0 Å². The van der Waals surface area contributed by atoms with Gasteiger partial charge in [-0.3, -0.25) is 19.3 Å². The van der Waals surface area contributed by atoms with Gasteiger partial charge in [0.1, 0.15) is 0 Å². The smallest absolute Gasteiger partial charge is 0.233 e. The zero-order valence-electron chi connectivity index (χ0n) is 13.3. The van der Waals surface area contributed by atoms with Crippen LogP contribution in [0.1, 0.15) is 39.5 Å². The molecule has 0 radical (unpaired) electrons. The maximum atomic E-state index is 12.5. The van der Waals surface area contributed by atoms with Gasteiger partial charge in [0, 0.05) is 19.0 Å². The van der Waals surface area contributed by atoms with Gasteiger partial charge < -0.3 is 4.90 Å². The number of carbonyl (C=O) groups excluding carboxylic acids is 3. The van der Waals surface area contributed by atoms with Gasteiger partial charge in [-0.2, -0.15) is 0 Å². The molecule has 1 aliphatic carbocycles. The number of hydrogen-bond donors (Lipinski definition) is 0. The van der Waals surface area contributed by atoms with Crippen molar-refractivity contribution in [3.05, 3.63) is 12.2 Å². The van der Waals surface area contributed by atoms with E-state index in [9.17, 15) is 14.4 Å². The summed E-state index contributed by atoms with van der Waals surface area (Å²) in [4.78, 5) is 40.5. The standard InChI is InChI=1S/C17H24N2O3/c1-3-11(4-2)15(20)18-9-12(10-18)19-16(21)13-7-5-6-8-14(13)17(19)22/h5-6,11-14H,3-4,7-10H2,1-2H3. The number of rotatable bonds is 4. The Morgan fingerprint density at radius 2 is 1.59 bits per heavy atom. The summed E-state index contributed by atoms with van der Waals surface area (Å²) in [5.41, 5.74) is 0. The van der Waals surface area contributed by atoms with Crippen LogP contribution in [0.3, 0.4) is 0 Å². The second kappa shape index (κ2) is 5.86. The van der Waals surface area contributed by atoms with Crippen LogP contribution in [0.25, 0.3) is 0 Å². The van der Waals surface area contributed by atoms with Crippen molar-refractivity contribution in [3.8, 4) is 0 Å². The van der Waals surface area contributed by atoms with Gasteiger partial charge in [-0.05, 0) is 25.7 Å². The molecule has 120 valence electrons. The van der Waals surface area contributed by atoms with E-state index in [1.54, 1.807) is 4.90 Å². The van der Waals surface area contributed by atoms with Crippen molar-refractivity contribution < 1.29 is 14.4 Å². The second-order valence-corrected chi connectivity index (χ2v) is 6.61. The quantitative estimate of drug-likeness (QED) is 0.585. The van der Waals surface area contributed by atoms with Gasteiger partial charge in [0.05, 0.1) is 17.9 Å². The number of fused-ring (bicyclic) bond motifs is 1. The van der Waals surface area contributed by atoms with Crippen LogP contribution in [0.5, 0.6) is 0 Å². The number of nitrogens with zero attached hydrogens (tertiary/aromatic N) is 2. The lowest BCUT2D eigenvalue weighted by Gasteiger charge is -2.44. The molecule has 0 aromatic heterocycles. The molecule has 2 heterocycles. The third-order valence-electron chi connectivity index (χ3n) is 5.42. The van der Waals surface area contributed by atoms with Gasteiger partial charge in [0.15, 0.2) is 0 Å². The van der Waals surface area contributed by atoms with E-state index in [0.717, 1.165) is 12.8 Å². The van der Waals surface area contributed by atoms with Crippen molar-refractivity contribution in [1.82, 2.24) is 9.80 Å². The summed E-state index contributed by atoms with van der Waals surface area (Å²) in [5, 5.41) is 0. The molecular formula is C17H24N2O3. The molecule has 5 nitrogen and oxygen atoms in total. The number of allylic oxidation sites excluding steroid dienone is 2. The molecule has 0 spiro atoms. The maximum absolute atomic E-state index is 12.5. The molecule has 0 saturated carbocycles. The third-order valence-corrected chi connectivity index (χ3v) is 5.42. The van der Waals surface area contributed by atoms with E-state index >= 15 is 0 Å². The molecule has 2 saturated heterocycles. The van der Waals surface area contributed by atoms with E-state index in [1.807, 2.05) is 26.0 Å². The normalized spacial score (nSPS) is 28.3. The lowest BCUT2D eigenvalue weighted by molar-refractivity contribution is -0.154. The molecule has 0 N–H and O–H groups in total. The third kappa shape index (κ3) is 2.27. The molecule has 0 aromatic carbocycles. The fourth-order valence-electron chi connectivity index (χ4n) is 3.88. The van der Waals surface area contributed by atoms with Gasteiger partial charge in [-0.15, -0.1) is 0 Å². The minimum Gasteiger partial charge on any atom is -0.338 e. The van der Waals surface area contributed by atoms with Crippen LogP contribution in [0.2, 0.25) is 0 Å². The van der Waals surface area contributed by atoms with Crippen LogP contribution in [0, 0.1) is 17.8 Å². The van der Waals surface area contributed by atoms with Crippen LogP contribution in [-0.2, 0) is 14.4 Å². The Morgan fingerprint density at radius 3 is 2.05 bits per heavy atom. The van der Waals surface area contributed by atoms with E-state index in [0.29, 0.717) is 25.9 Å². The van der Waals surface area contributed by atoms with Crippen LogP contribution in [-0.4, -0.2) is 46.7 Å². The average molecular weight is 304 g/mol. The molecule has 0 aromatic rings. The Labute approximate surface area is 131 Å². The molecule has 3 amide bonds. The Morgan fingerprint density at radius 1 is 1.09 bits per heavy atom. The molecule has 22 heavy (non-hydrogen) atoms. The number of imide groups is 1. The molecule has 2 unspecified atom stereocenters. The number of carbonyl (C=O) groups is 3. The summed E-state index contributed by atoms with van der Waals surface area (Å²) in [6, 6.07) is -0.107. The summed E-state index contributed by atoms with van der Waals surface area (Å²) in [6.07, 6.45) is 7.03. The van der Waals surface area contributed by atoms with Gasteiger partial charge in [-0.1, -0.05) is 26.0 Å². The second-order valence-electron chi connectivity index (χ2n) is 6.61. The molecule has 3 rings (SSSR count). The van der Waals surface area contributed by atoms with Crippen molar-refractivity contribution in [1.29, 1.82) is 0 Å². The van der Waals surface area contributed by atoms with Crippen LogP contribution in [0.4, 0.5) is 0 Å². The number of amides is 3. The van der Waals surface area contributed by atoms with Crippen molar-refractivity contribution in [3.63, 3.8) is 0 Å². The first-order valence-electron chi connectivity index (χ1n) is 8.39. The Balaban J connectivity index is 1.62. The summed E-state index contributed by atoms with van der Waals surface area (Å²) >= 11 is 0. The van der Waals surface area contributed by atoms with Crippen molar-refractivity contribution >= 4 is 17.7 Å². The summed E-state index contributed by atoms with van der Waals surface area (Å²) < 4.78 is 0. The lowest BCUT2D eigenvalue weighted by Crippen LogP contribution is -2.63. The van der Waals surface area contributed by atoms with E-state index in [-0.39, 0.29) is 41.5 Å². The maximum Gasteiger partial charge on any atom is 0.233 e. The Hall–Kier alpha value is -1.65. The average Bonchev–Trinajstić information content (AvgIpc) is 2.73. The van der Waals surface area contributed by atoms with Crippen LogP contribution >= 0.6 is 0 Å². The number of hydrogen-bond acceptors (Lipinski definition) is 3. The van der Waals surface area contributed by atoms with Crippen molar-refractivity contribution in [2.45, 2.75) is 45.6 Å². The minimum atomic E-state index is -0.165. The molecule has 2 aliphatic heterocycles. The molecular weight excluding hydrogens is 280 g/mol. The molecule has 5 heteroatoms. The van der Waals surface area contributed by atoms with E-state index < -0.39 is 0 Å². The van der Waals surface area contributed by atoms with Crippen LogP contribution in [0.15, 0.2) is 12.2 Å². The summed E-state index contributed by atoms with van der Waals surface area (Å²) in [5.74, 6) is -0.155. The highest BCUT2D eigenvalue weighted by Crippen LogP contribution is 2.37. The van der Waals surface area contributed by atoms with E-state index in [4.69, 9.17) is 0 Å². The first-order chi connectivity index (χ1) is 10.6. The fraction of sp³-hybridized carbons (Fsp3) is 0.706. The van der Waals surface area contributed by atoms with Gasteiger partial charge in [0.25, 0.3) is 0 Å². The highest BCUT2D eigenvalue weighted by molar-refractivity contribution is 6.06.